The van der Waals surface area contributed by atoms with E-state index in [1.54, 1.807) is 6.08 Å². The average molecular weight is 947 g/mol. The van der Waals surface area contributed by atoms with Gasteiger partial charge in [0.1, 0.15) is 43.2 Å². The van der Waals surface area contributed by atoms with Gasteiger partial charge in [0.05, 0.1) is 12.7 Å². The van der Waals surface area contributed by atoms with Crippen LogP contribution < -0.4 is 0 Å². The predicted molar refractivity (Wildman–Crippen MR) is 259 cm³/mol. The van der Waals surface area contributed by atoms with Gasteiger partial charge in [0.2, 0.25) is 0 Å². The Labute approximate surface area is 393 Å². The molecule has 1 aliphatic carbocycles. The fourth-order valence-corrected chi connectivity index (χ4v) is 7.10. The van der Waals surface area contributed by atoms with Crippen molar-refractivity contribution in [2.45, 2.75) is 172 Å². The lowest BCUT2D eigenvalue weighted by molar-refractivity contribution is -0.220. The van der Waals surface area contributed by atoms with Gasteiger partial charge in [0.15, 0.2) is 6.10 Å². The van der Waals surface area contributed by atoms with E-state index in [2.05, 4.69) is 67.7 Å². The molecule has 14 nitrogen and oxygen atoms in total. The molecular formula is C51H79O14P. The van der Waals surface area contributed by atoms with Crippen molar-refractivity contribution in [1.82, 2.24) is 0 Å². The summed E-state index contributed by atoms with van der Waals surface area (Å²) in [7, 11) is -5.16. The molecule has 0 amide bonds. The summed E-state index contributed by atoms with van der Waals surface area (Å²) in [5, 5.41) is 60.0. The molecule has 0 bridgehead atoms. The second kappa shape index (κ2) is 39.2. The monoisotopic (exact) mass is 947 g/mol. The van der Waals surface area contributed by atoms with Gasteiger partial charge in [-0.3, -0.25) is 18.6 Å². The van der Waals surface area contributed by atoms with Crippen molar-refractivity contribution in [3.63, 3.8) is 0 Å². The lowest BCUT2D eigenvalue weighted by Gasteiger charge is -2.41. The maximum Gasteiger partial charge on any atom is 0.472 e. The van der Waals surface area contributed by atoms with Crippen LogP contribution in [0.15, 0.2) is 122 Å². The molecule has 1 fully saturated rings. The zero-order valence-corrected chi connectivity index (χ0v) is 39.9. The maximum atomic E-state index is 12.8. The van der Waals surface area contributed by atoms with E-state index in [0.717, 1.165) is 64.2 Å². The van der Waals surface area contributed by atoms with E-state index in [1.807, 2.05) is 61.6 Å². The number of unbranched alkanes of at least 4 members (excludes halogenated alkanes) is 4. The molecule has 66 heavy (non-hydrogen) atoms. The highest BCUT2D eigenvalue weighted by Crippen LogP contribution is 2.47. The number of carbonyl (C=O) groups excluding carboxylic acids is 2. The first-order chi connectivity index (χ1) is 31.8. The smallest absolute Gasteiger partial charge is 0.462 e. The first kappa shape index (κ1) is 60.2. The van der Waals surface area contributed by atoms with Crippen LogP contribution in [-0.2, 0) is 32.7 Å². The molecule has 0 aromatic heterocycles. The van der Waals surface area contributed by atoms with E-state index in [0.29, 0.717) is 32.1 Å². The Morgan fingerprint density at radius 2 is 1.02 bits per heavy atom. The van der Waals surface area contributed by atoms with Gasteiger partial charge in [0.25, 0.3) is 0 Å². The Morgan fingerprint density at radius 3 is 1.58 bits per heavy atom. The number of aliphatic hydroxyl groups is 6. The average Bonchev–Trinajstić information content (AvgIpc) is 3.30. The fraction of sp³-hybridized carbons (Fsp3) is 0.569. The number of phosphoric ester groups is 1. The topological polar surface area (TPSA) is 230 Å². The van der Waals surface area contributed by atoms with Crippen molar-refractivity contribution >= 4 is 19.8 Å². The molecule has 0 aromatic carbocycles. The van der Waals surface area contributed by atoms with E-state index in [-0.39, 0.29) is 12.8 Å². The highest BCUT2D eigenvalue weighted by Gasteiger charge is 2.51. The molecule has 372 valence electrons. The molecule has 0 saturated heterocycles. The normalized spacial score (nSPS) is 22.9. The SMILES string of the molecule is CC/C=C\C/C=C\C/C=C\C/C=C\C/C=C\CCCCCC(=O)OC[C@H](COP(=O)(O)OC1[C@H](O)[C@H](O)C(O)[C@H](O)[C@H]1O)OC(=O)CCC/C=C\C/C=C\C/C=C\C=C\CC(O)/C=C\CC. The summed E-state index contributed by atoms with van der Waals surface area (Å²) in [4.78, 5) is 35.7. The molecule has 1 saturated carbocycles. The Morgan fingerprint density at radius 1 is 0.545 bits per heavy atom. The van der Waals surface area contributed by atoms with Gasteiger partial charge in [-0.15, -0.1) is 0 Å². The van der Waals surface area contributed by atoms with Crippen molar-refractivity contribution < 1.29 is 68.2 Å². The van der Waals surface area contributed by atoms with Crippen LogP contribution in [0.4, 0.5) is 0 Å². The quantitative estimate of drug-likeness (QED) is 0.0103. The third-order valence-corrected chi connectivity index (χ3v) is 10.9. The van der Waals surface area contributed by atoms with Crippen molar-refractivity contribution in [2.24, 2.45) is 0 Å². The third-order valence-electron chi connectivity index (χ3n) is 9.87. The van der Waals surface area contributed by atoms with E-state index in [9.17, 15) is 49.7 Å². The van der Waals surface area contributed by atoms with Gasteiger partial charge >= 0.3 is 19.8 Å². The molecule has 9 atom stereocenters. The van der Waals surface area contributed by atoms with Gasteiger partial charge < -0.3 is 45.0 Å². The lowest BCUT2D eigenvalue weighted by atomic mass is 9.85. The van der Waals surface area contributed by atoms with Crippen molar-refractivity contribution in [3.8, 4) is 0 Å². The fourth-order valence-electron chi connectivity index (χ4n) is 6.13. The number of esters is 2. The summed E-state index contributed by atoms with van der Waals surface area (Å²) >= 11 is 0. The molecule has 7 N–H and O–H groups in total. The first-order valence-corrected chi connectivity index (χ1v) is 24.9. The molecule has 1 aliphatic rings. The van der Waals surface area contributed by atoms with Gasteiger partial charge in [-0.1, -0.05) is 142 Å². The number of hydrogen-bond donors (Lipinski definition) is 7. The minimum atomic E-state index is -5.16. The summed E-state index contributed by atoms with van der Waals surface area (Å²) in [5.74, 6) is -1.24. The molecular weight excluding hydrogens is 868 g/mol. The number of phosphoric acid groups is 1. The Balaban J connectivity index is 2.54. The van der Waals surface area contributed by atoms with E-state index < -0.39 is 81.8 Å². The van der Waals surface area contributed by atoms with Crippen LogP contribution in [0.1, 0.15) is 123 Å². The standard InChI is InChI=1S/C51H79O14P/c1-3-5-7-8-9-10-11-12-13-14-15-16-17-18-22-25-28-31-34-38-44(53)62-40-43(41-63-66(60,61)65-51-49(58)47(56)46(55)48(57)50(51)59)64-45(54)39-35-32-29-26-23-20-19-21-24-27-30-33-37-42(52)36-6-4-2/h5-7,9-10,12-13,15-16,18-20,22,24,26-27,29-30,33,36,42-43,46-52,55-59H,3-4,8,11,14,17,21,23,25,28,31-32,34-35,37-41H2,1-2H3,(H,60,61)/b7-5-,10-9-,13-12-,16-15-,20-19-,22-18-,27-24-,29-26-,33-30+,36-6-/t42?,43-,46?,47-,48+,49-,50-,51?/m1/s1. The van der Waals surface area contributed by atoms with Crippen molar-refractivity contribution in [3.05, 3.63) is 122 Å². The number of ether oxygens (including phenoxy) is 2. The van der Waals surface area contributed by atoms with Crippen molar-refractivity contribution in [2.75, 3.05) is 13.2 Å². The van der Waals surface area contributed by atoms with Crippen LogP contribution in [0.2, 0.25) is 0 Å². The Hall–Kier alpha value is -3.79. The van der Waals surface area contributed by atoms with Crippen molar-refractivity contribution in [1.29, 1.82) is 0 Å². The molecule has 0 radical (unpaired) electrons. The van der Waals surface area contributed by atoms with E-state index in [4.69, 9.17) is 18.5 Å². The van der Waals surface area contributed by atoms with Crippen LogP contribution in [-0.4, -0.2) is 110 Å². The van der Waals surface area contributed by atoms with Gasteiger partial charge in [-0.25, -0.2) is 4.57 Å². The third kappa shape index (κ3) is 31.2. The molecule has 0 aromatic rings. The molecule has 0 heterocycles. The summed E-state index contributed by atoms with van der Waals surface area (Å²) in [6, 6.07) is 0. The molecule has 4 unspecified atom stereocenters. The Kier molecular flexibility index (Phi) is 35.8. The minimum absolute atomic E-state index is 0.0153. The lowest BCUT2D eigenvalue weighted by Crippen LogP contribution is -2.64. The van der Waals surface area contributed by atoms with E-state index >= 15 is 0 Å². The van der Waals surface area contributed by atoms with Crippen LogP contribution in [0.25, 0.3) is 0 Å². The van der Waals surface area contributed by atoms with Gasteiger partial charge in [-0.05, 0) is 89.9 Å². The predicted octanol–water partition coefficient (Wildman–Crippen LogP) is 8.36. The maximum absolute atomic E-state index is 12.8. The number of carbonyl (C=O) groups is 2. The van der Waals surface area contributed by atoms with Gasteiger partial charge in [0, 0.05) is 12.8 Å². The highest BCUT2D eigenvalue weighted by molar-refractivity contribution is 7.47. The first-order valence-electron chi connectivity index (χ1n) is 23.4. The molecule has 15 heteroatoms. The molecule has 0 aliphatic heterocycles. The van der Waals surface area contributed by atoms with Crippen LogP contribution in [0.5, 0.6) is 0 Å². The van der Waals surface area contributed by atoms with Crippen LogP contribution in [0, 0.1) is 0 Å². The van der Waals surface area contributed by atoms with Crippen LogP contribution in [0.3, 0.4) is 0 Å². The largest absolute Gasteiger partial charge is 0.472 e. The summed E-state index contributed by atoms with van der Waals surface area (Å²) in [6.45, 7) is 2.85. The Bertz CT molecular complexity index is 1630. The summed E-state index contributed by atoms with van der Waals surface area (Å²) in [5.41, 5.74) is 0. The summed E-state index contributed by atoms with van der Waals surface area (Å²) in [6.07, 6.45) is 38.8. The van der Waals surface area contributed by atoms with E-state index in [1.165, 1.54) is 0 Å². The van der Waals surface area contributed by atoms with Gasteiger partial charge in [-0.2, -0.15) is 0 Å². The van der Waals surface area contributed by atoms with Crippen LogP contribution >= 0.6 is 7.82 Å². The summed E-state index contributed by atoms with van der Waals surface area (Å²) < 4.78 is 33.4. The molecule has 1 rings (SSSR count). The second-order valence-corrected chi connectivity index (χ2v) is 17.1. The number of rotatable bonds is 36. The highest BCUT2D eigenvalue weighted by atomic mass is 31.2. The molecule has 0 spiro atoms. The zero-order chi connectivity index (χ0) is 48.7. The minimum Gasteiger partial charge on any atom is -0.462 e. The number of hydrogen-bond acceptors (Lipinski definition) is 13. The number of allylic oxidation sites excluding steroid dienone is 18. The second-order valence-electron chi connectivity index (χ2n) is 15.7. The number of aliphatic hydroxyl groups excluding tert-OH is 6. The zero-order valence-electron chi connectivity index (χ0n) is 39.0.